The summed E-state index contributed by atoms with van der Waals surface area (Å²) in [6.07, 6.45) is 8.33. The first-order valence-corrected chi connectivity index (χ1v) is 6.69. The van der Waals surface area contributed by atoms with Gasteiger partial charge in [0.15, 0.2) is 0 Å². The molecule has 1 heterocycles. The first-order valence-electron chi connectivity index (χ1n) is 6.69. The maximum atomic E-state index is 8.65. The van der Waals surface area contributed by atoms with E-state index < -0.39 is 0 Å². The first-order chi connectivity index (χ1) is 8.33. The van der Waals surface area contributed by atoms with Crippen LogP contribution in [0.25, 0.3) is 0 Å². The van der Waals surface area contributed by atoms with Crippen molar-refractivity contribution < 1.29 is 9.52 Å². The fraction of sp³-hybridized carbons (Fsp3) is 0.714. The topological polar surface area (TPSA) is 45.4 Å². The molecule has 0 radical (unpaired) electrons. The van der Waals surface area contributed by atoms with E-state index in [1.54, 1.807) is 6.26 Å². The van der Waals surface area contributed by atoms with Crippen LogP contribution in [0.2, 0.25) is 0 Å². The SMILES string of the molecule is CC(CCc1ccco1)NCCCCCCO. The predicted molar refractivity (Wildman–Crippen MR) is 70.0 cm³/mol. The average molecular weight is 239 g/mol. The van der Waals surface area contributed by atoms with E-state index in [0.717, 1.165) is 38.0 Å². The Morgan fingerprint density at radius 1 is 1.29 bits per heavy atom. The van der Waals surface area contributed by atoms with Gasteiger partial charge in [-0.1, -0.05) is 12.8 Å². The number of aryl methyl sites for hydroxylation is 1. The monoisotopic (exact) mass is 239 g/mol. The smallest absolute Gasteiger partial charge is 0.103 e. The Balaban J connectivity index is 1.92. The van der Waals surface area contributed by atoms with E-state index in [2.05, 4.69) is 12.2 Å². The van der Waals surface area contributed by atoms with Crippen LogP contribution in [0.3, 0.4) is 0 Å². The molecule has 0 saturated heterocycles. The molecule has 1 aromatic rings. The van der Waals surface area contributed by atoms with Crippen molar-refractivity contribution in [1.29, 1.82) is 0 Å². The second kappa shape index (κ2) is 9.25. The van der Waals surface area contributed by atoms with Gasteiger partial charge in [0.25, 0.3) is 0 Å². The molecule has 0 aromatic carbocycles. The van der Waals surface area contributed by atoms with Crippen LogP contribution in [0.1, 0.15) is 44.8 Å². The van der Waals surface area contributed by atoms with Crippen molar-refractivity contribution in [2.75, 3.05) is 13.2 Å². The Bertz CT molecular complexity index is 259. The van der Waals surface area contributed by atoms with Crippen molar-refractivity contribution >= 4 is 0 Å². The molecule has 0 spiro atoms. The summed E-state index contributed by atoms with van der Waals surface area (Å²) >= 11 is 0. The Morgan fingerprint density at radius 3 is 2.82 bits per heavy atom. The highest BCUT2D eigenvalue weighted by molar-refractivity contribution is 4.98. The van der Waals surface area contributed by atoms with Gasteiger partial charge in [0.2, 0.25) is 0 Å². The van der Waals surface area contributed by atoms with Gasteiger partial charge >= 0.3 is 0 Å². The van der Waals surface area contributed by atoms with Crippen molar-refractivity contribution in [3.8, 4) is 0 Å². The number of rotatable bonds is 10. The summed E-state index contributed by atoms with van der Waals surface area (Å²) in [4.78, 5) is 0. The summed E-state index contributed by atoms with van der Waals surface area (Å²) in [5.41, 5.74) is 0. The van der Waals surface area contributed by atoms with Crippen LogP contribution in [0, 0.1) is 0 Å². The zero-order chi connectivity index (χ0) is 12.3. The van der Waals surface area contributed by atoms with Crippen LogP contribution in [-0.2, 0) is 6.42 Å². The van der Waals surface area contributed by atoms with Crippen LogP contribution in [0.4, 0.5) is 0 Å². The molecule has 2 N–H and O–H groups in total. The van der Waals surface area contributed by atoms with Gasteiger partial charge in [-0.2, -0.15) is 0 Å². The Morgan fingerprint density at radius 2 is 2.12 bits per heavy atom. The van der Waals surface area contributed by atoms with E-state index in [-0.39, 0.29) is 0 Å². The average Bonchev–Trinajstić information content (AvgIpc) is 2.84. The third kappa shape index (κ3) is 7.18. The van der Waals surface area contributed by atoms with Gasteiger partial charge in [0.1, 0.15) is 5.76 Å². The van der Waals surface area contributed by atoms with E-state index in [1.165, 1.54) is 12.8 Å². The third-order valence-corrected chi connectivity index (χ3v) is 2.98. The van der Waals surface area contributed by atoms with Crippen molar-refractivity contribution in [2.45, 2.75) is 51.5 Å². The van der Waals surface area contributed by atoms with E-state index in [4.69, 9.17) is 9.52 Å². The molecule has 0 aliphatic heterocycles. The predicted octanol–water partition coefficient (Wildman–Crippen LogP) is 2.74. The molecular weight excluding hydrogens is 214 g/mol. The Kier molecular flexibility index (Phi) is 7.76. The lowest BCUT2D eigenvalue weighted by molar-refractivity contribution is 0.282. The molecule has 1 atom stereocenters. The summed E-state index contributed by atoms with van der Waals surface area (Å²) in [7, 11) is 0. The second-order valence-corrected chi connectivity index (χ2v) is 4.61. The number of nitrogens with one attached hydrogen (secondary N) is 1. The normalized spacial score (nSPS) is 12.8. The molecule has 98 valence electrons. The molecule has 0 bridgehead atoms. The minimum atomic E-state index is 0.326. The van der Waals surface area contributed by atoms with Gasteiger partial charge in [0, 0.05) is 19.1 Å². The lowest BCUT2D eigenvalue weighted by Crippen LogP contribution is -2.27. The van der Waals surface area contributed by atoms with Gasteiger partial charge in [-0.15, -0.1) is 0 Å². The third-order valence-electron chi connectivity index (χ3n) is 2.98. The summed E-state index contributed by atoms with van der Waals surface area (Å²) in [6.45, 7) is 3.62. The highest BCUT2D eigenvalue weighted by atomic mass is 16.3. The molecule has 3 heteroatoms. The molecule has 1 aromatic heterocycles. The van der Waals surface area contributed by atoms with E-state index >= 15 is 0 Å². The fourth-order valence-corrected chi connectivity index (χ4v) is 1.85. The fourth-order valence-electron chi connectivity index (χ4n) is 1.85. The molecule has 3 nitrogen and oxygen atoms in total. The summed E-state index contributed by atoms with van der Waals surface area (Å²) in [5.74, 6) is 1.07. The highest BCUT2D eigenvalue weighted by Gasteiger charge is 2.02. The largest absolute Gasteiger partial charge is 0.469 e. The number of aliphatic hydroxyl groups excluding tert-OH is 1. The molecule has 0 aliphatic rings. The zero-order valence-electron chi connectivity index (χ0n) is 10.8. The zero-order valence-corrected chi connectivity index (χ0v) is 10.8. The number of furan rings is 1. The van der Waals surface area contributed by atoms with Crippen molar-refractivity contribution in [3.05, 3.63) is 24.2 Å². The maximum Gasteiger partial charge on any atom is 0.103 e. The van der Waals surface area contributed by atoms with E-state index in [0.29, 0.717) is 12.6 Å². The summed E-state index contributed by atoms with van der Waals surface area (Å²) in [5, 5.41) is 12.2. The quantitative estimate of drug-likeness (QED) is 0.617. The molecule has 0 saturated carbocycles. The van der Waals surface area contributed by atoms with Crippen molar-refractivity contribution in [2.24, 2.45) is 0 Å². The van der Waals surface area contributed by atoms with Crippen LogP contribution < -0.4 is 5.32 Å². The lowest BCUT2D eigenvalue weighted by Gasteiger charge is -2.12. The maximum absolute atomic E-state index is 8.65. The molecule has 0 aliphatic carbocycles. The van der Waals surface area contributed by atoms with Crippen molar-refractivity contribution in [1.82, 2.24) is 5.32 Å². The molecule has 0 amide bonds. The molecule has 0 fully saturated rings. The second-order valence-electron chi connectivity index (χ2n) is 4.61. The van der Waals surface area contributed by atoms with Gasteiger partial charge in [-0.3, -0.25) is 0 Å². The van der Waals surface area contributed by atoms with Gasteiger partial charge in [-0.25, -0.2) is 0 Å². The van der Waals surface area contributed by atoms with Gasteiger partial charge in [0.05, 0.1) is 6.26 Å². The molecular formula is C14H25NO2. The number of aliphatic hydroxyl groups is 1. The lowest BCUT2D eigenvalue weighted by atomic mass is 10.1. The van der Waals surface area contributed by atoms with Crippen LogP contribution >= 0.6 is 0 Å². The molecule has 1 unspecified atom stereocenters. The van der Waals surface area contributed by atoms with Gasteiger partial charge in [-0.05, 0) is 44.9 Å². The Labute approximate surface area is 104 Å². The number of hydrogen-bond donors (Lipinski definition) is 2. The summed E-state index contributed by atoms with van der Waals surface area (Å²) in [6, 6.07) is 4.51. The van der Waals surface area contributed by atoms with E-state index in [9.17, 15) is 0 Å². The first kappa shape index (κ1) is 14.3. The standard InChI is InChI=1S/C14H25NO2/c1-13(8-9-14-7-6-12-17-14)15-10-4-2-3-5-11-16/h6-7,12-13,15-16H,2-5,8-11H2,1H3. The Hall–Kier alpha value is -0.800. The van der Waals surface area contributed by atoms with Crippen LogP contribution in [-0.4, -0.2) is 24.3 Å². The van der Waals surface area contributed by atoms with E-state index in [1.807, 2.05) is 12.1 Å². The highest BCUT2D eigenvalue weighted by Crippen LogP contribution is 2.06. The number of hydrogen-bond acceptors (Lipinski definition) is 3. The molecule has 17 heavy (non-hydrogen) atoms. The minimum Gasteiger partial charge on any atom is -0.469 e. The van der Waals surface area contributed by atoms with Gasteiger partial charge < -0.3 is 14.8 Å². The minimum absolute atomic E-state index is 0.326. The summed E-state index contributed by atoms with van der Waals surface area (Å²) < 4.78 is 5.30. The van der Waals surface area contributed by atoms with Crippen molar-refractivity contribution in [3.63, 3.8) is 0 Å². The van der Waals surface area contributed by atoms with Crippen LogP contribution in [0.15, 0.2) is 22.8 Å². The molecule has 1 rings (SSSR count). The van der Waals surface area contributed by atoms with Crippen LogP contribution in [0.5, 0.6) is 0 Å². The number of unbranched alkanes of at least 4 members (excludes halogenated alkanes) is 3.